The zero-order chi connectivity index (χ0) is 8.97. The summed E-state index contributed by atoms with van der Waals surface area (Å²) < 4.78 is 0. The predicted octanol–water partition coefficient (Wildman–Crippen LogP) is 0.260. The molecule has 72 valence electrons. The van der Waals surface area contributed by atoms with Crippen molar-refractivity contribution in [3.8, 4) is 0 Å². The molecule has 1 aliphatic rings. The molecule has 0 bridgehead atoms. The quantitative estimate of drug-likeness (QED) is 0.574. The van der Waals surface area contributed by atoms with Gasteiger partial charge in [0.1, 0.15) is 0 Å². The van der Waals surface area contributed by atoms with Gasteiger partial charge in [-0.05, 0) is 32.7 Å². The molecule has 0 aromatic rings. The fraction of sp³-hybridized carbons (Fsp3) is 1.00. The van der Waals surface area contributed by atoms with Crippen molar-refractivity contribution in [1.82, 2.24) is 5.32 Å². The van der Waals surface area contributed by atoms with E-state index in [4.69, 9.17) is 5.11 Å². The number of hydrogen-bond donors (Lipinski definition) is 3. The summed E-state index contributed by atoms with van der Waals surface area (Å²) in [5, 5.41) is 21.8. The van der Waals surface area contributed by atoms with Gasteiger partial charge in [0.25, 0.3) is 0 Å². The van der Waals surface area contributed by atoms with Gasteiger partial charge in [-0.15, -0.1) is 0 Å². The van der Waals surface area contributed by atoms with E-state index in [-0.39, 0.29) is 0 Å². The second-order valence-electron chi connectivity index (χ2n) is 3.69. The van der Waals surface area contributed by atoms with Gasteiger partial charge in [0.2, 0.25) is 0 Å². The molecule has 3 atom stereocenters. The van der Waals surface area contributed by atoms with Gasteiger partial charge in [0.05, 0.1) is 12.2 Å². The summed E-state index contributed by atoms with van der Waals surface area (Å²) in [6.45, 7) is 2.69. The molecule has 1 aliphatic heterocycles. The van der Waals surface area contributed by atoms with Crippen LogP contribution in [0.15, 0.2) is 0 Å². The first kappa shape index (κ1) is 9.96. The lowest BCUT2D eigenvalue weighted by atomic mass is 9.97. The van der Waals surface area contributed by atoms with E-state index in [9.17, 15) is 5.11 Å². The van der Waals surface area contributed by atoms with E-state index in [0.717, 1.165) is 13.0 Å². The van der Waals surface area contributed by atoms with Crippen LogP contribution in [0, 0.1) is 0 Å². The number of rotatable bonds is 3. The molecule has 1 rings (SSSR count). The Balaban J connectivity index is 2.20. The Kier molecular flexibility index (Phi) is 3.98. The van der Waals surface area contributed by atoms with Crippen LogP contribution in [0.4, 0.5) is 0 Å². The Morgan fingerprint density at radius 2 is 2.17 bits per heavy atom. The minimum atomic E-state index is -0.603. The lowest BCUT2D eigenvalue weighted by molar-refractivity contribution is 0.0180. The zero-order valence-corrected chi connectivity index (χ0v) is 7.66. The highest BCUT2D eigenvalue weighted by molar-refractivity contribution is 4.77. The first-order valence-corrected chi connectivity index (χ1v) is 4.79. The molecule has 12 heavy (non-hydrogen) atoms. The van der Waals surface area contributed by atoms with E-state index >= 15 is 0 Å². The SMILES string of the molecule is CC(O)C(O)CC1CCCCN1. The topological polar surface area (TPSA) is 52.5 Å². The van der Waals surface area contributed by atoms with Gasteiger partial charge < -0.3 is 15.5 Å². The molecule has 0 aromatic heterocycles. The summed E-state index contributed by atoms with van der Waals surface area (Å²) in [7, 11) is 0. The zero-order valence-electron chi connectivity index (χ0n) is 7.66. The van der Waals surface area contributed by atoms with Crippen LogP contribution in [0.5, 0.6) is 0 Å². The average Bonchev–Trinajstić information content (AvgIpc) is 2.06. The molecule has 1 fully saturated rings. The molecule has 0 radical (unpaired) electrons. The Labute approximate surface area is 73.8 Å². The summed E-state index contributed by atoms with van der Waals surface area (Å²) in [6, 6.07) is 0.406. The highest BCUT2D eigenvalue weighted by atomic mass is 16.3. The molecule has 3 heteroatoms. The monoisotopic (exact) mass is 173 g/mol. The molecule has 3 unspecified atom stereocenters. The van der Waals surface area contributed by atoms with E-state index in [2.05, 4.69) is 5.32 Å². The van der Waals surface area contributed by atoms with Gasteiger partial charge in [0.15, 0.2) is 0 Å². The van der Waals surface area contributed by atoms with E-state index in [1.54, 1.807) is 6.92 Å². The van der Waals surface area contributed by atoms with Crippen molar-refractivity contribution in [3.05, 3.63) is 0 Å². The van der Waals surface area contributed by atoms with Gasteiger partial charge >= 0.3 is 0 Å². The Bertz CT molecular complexity index is 122. The van der Waals surface area contributed by atoms with Crippen LogP contribution >= 0.6 is 0 Å². The van der Waals surface area contributed by atoms with Gasteiger partial charge in [-0.3, -0.25) is 0 Å². The summed E-state index contributed by atoms with van der Waals surface area (Å²) in [5.74, 6) is 0. The highest BCUT2D eigenvalue weighted by Crippen LogP contribution is 2.13. The minimum Gasteiger partial charge on any atom is -0.391 e. The third kappa shape index (κ3) is 3.09. The van der Waals surface area contributed by atoms with Crippen LogP contribution in [-0.2, 0) is 0 Å². The molecule has 3 nitrogen and oxygen atoms in total. The molecule has 0 amide bonds. The van der Waals surface area contributed by atoms with Crippen LogP contribution < -0.4 is 5.32 Å². The predicted molar refractivity (Wildman–Crippen MR) is 47.9 cm³/mol. The van der Waals surface area contributed by atoms with E-state index in [1.165, 1.54) is 12.8 Å². The Hall–Kier alpha value is -0.120. The average molecular weight is 173 g/mol. The summed E-state index contributed by atoms with van der Waals surface area (Å²) in [4.78, 5) is 0. The normalized spacial score (nSPS) is 29.8. The van der Waals surface area contributed by atoms with Crippen LogP contribution in [0.25, 0.3) is 0 Å². The highest BCUT2D eigenvalue weighted by Gasteiger charge is 2.19. The van der Waals surface area contributed by atoms with E-state index < -0.39 is 12.2 Å². The molecular weight excluding hydrogens is 154 g/mol. The maximum atomic E-state index is 9.39. The van der Waals surface area contributed by atoms with Crippen molar-refractivity contribution in [3.63, 3.8) is 0 Å². The van der Waals surface area contributed by atoms with Crippen molar-refractivity contribution in [2.75, 3.05) is 6.54 Å². The van der Waals surface area contributed by atoms with Gasteiger partial charge in [-0.2, -0.15) is 0 Å². The molecule has 1 heterocycles. The lowest BCUT2D eigenvalue weighted by Gasteiger charge is -2.26. The van der Waals surface area contributed by atoms with Crippen molar-refractivity contribution in [2.45, 2.75) is 50.9 Å². The van der Waals surface area contributed by atoms with Gasteiger partial charge in [-0.1, -0.05) is 6.42 Å². The van der Waals surface area contributed by atoms with Gasteiger partial charge in [-0.25, -0.2) is 0 Å². The first-order valence-electron chi connectivity index (χ1n) is 4.79. The molecule has 0 saturated carbocycles. The van der Waals surface area contributed by atoms with Crippen LogP contribution in [0.2, 0.25) is 0 Å². The number of aliphatic hydroxyl groups excluding tert-OH is 2. The largest absolute Gasteiger partial charge is 0.391 e. The molecule has 3 N–H and O–H groups in total. The summed E-state index contributed by atoms with van der Waals surface area (Å²) in [6.07, 6.45) is 3.11. The van der Waals surface area contributed by atoms with Gasteiger partial charge in [0, 0.05) is 6.04 Å². The Morgan fingerprint density at radius 1 is 1.42 bits per heavy atom. The molecule has 0 spiro atoms. The van der Waals surface area contributed by atoms with Crippen molar-refractivity contribution in [2.24, 2.45) is 0 Å². The second-order valence-corrected chi connectivity index (χ2v) is 3.69. The molecular formula is C9H19NO2. The minimum absolute atomic E-state index is 0.406. The fourth-order valence-corrected chi connectivity index (χ4v) is 1.61. The number of hydrogen-bond acceptors (Lipinski definition) is 3. The second kappa shape index (κ2) is 4.80. The van der Waals surface area contributed by atoms with Crippen molar-refractivity contribution < 1.29 is 10.2 Å². The number of piperidine rings is 1. The third-order valence-electron chi connectivity index (χ3n) is 2.50. The number of aliphatic hydroxyl groups is 2. The van der Waals surface area contributed by atoms with E-state index in [1.807, 2.05) is 0 Å². The first-order chi connectivity index (χ1) is 5.70. The smallest absolute Gasteiger partial charge is 0.0811 e. The standard InChI is InChI=1S/C9H19NO2/c1-7(11)9(12)6-8-4-2-3-5-10-8/h7-12H,2-6H2,1H3. The summed E-state index contributed by atoms with van der Waals surface area (Å²) >= 11 is 0. The maximum absolute atomic E-state index is 9.39. The van der Waals surface area contributed by atoms with Crippen LogP contribution in [-0.4, -0.2) is 35.0 Å². The molecule has 0 aromatic carbocycles. The molecule has 0 aliphatic carbocycles. The van der Waals surface area contributed by atoms with Crippen molar-refractivity contribution >= 4 is 0 Å². The van der Waals surface area contributed by atoms with Crippen LogP contribution in [0.3, 0.4) is 0 Å². The lowest BCUT2D eigenvalue weighted by Crippen LogP contribution is -2.39. The van der Waals surface area contributed by atoms with Crippen LogP contribution in [0.1, 0.15) is 32.6 Å². The number of nitrogens with one attached hydrogen (secondary N) is 1. The Morgan fingerprint density at radius 3 is 2.67 bits per heavy atom. The van der Waals surface area contributed by atoms with E-state index in [0.29, 0.717) is 12.5 Å². The maximum Gasteiger partial charge on any atom is 0.0811 e. The third-order valence-corrected chi connectivity index (χ3v) is 2.50. The molecule has 1 saturated heterocycles. The summed E-state index contributed by atoms with van der Waals surface area (Å²) in [5.41, 5.74) is 0. The van der Waals surface area contributed by atoms with Crippen molar-refractivity contribution in [1.29, 1.82) is 0 Å². The fourth-order valence-electron chi connectivity index (χ4n) is 1.61.